The highest BCUT2D eigenvalue weighted by molar-refractivity contribution is 5.85. The Kier molecular flexibility index (Phi) is 6.14. The first-order valence-electron chi connectivity index (χ1n) is 6.95. The summed E-state index contributed by atoms with van der Waals surface area (Å²) in [6, 6.07) is 8.34. The highest BCUT2D eigenvalue weighted by atomic mass is 35.5. The van der Waals surface area contributed by atoms with E-state index in [1.54, 1.807) is 0 Å². The number of amides is 1. The molecule has 1 aromatic carbocycles. The maximum atomic E-state index is 12.1. The van der Waals surface area contributed by atoms with E-state index in [1.807, 2.05) is 19.1 Å². The number of fused-ring (bicyclic) bond motifs is 1. The first-order valence-corrected chi connectivity index (χ1v) is 6.95. The fourth-order valence-electron chi connectivity index (χ4n) is 2.15. The number of nitrogens with one attached hydrogen (secondary N) is 2. The van der Waals surface area contributed by atoms with Crippen molar-refractivity contribution in [2.24, 2.45) is 5.92 Å². The maximum Gasteiger partial charge on any atom is 0.239 e. The van der Waals surface area contributed by atoms with Gasteiger partial charge in [-0.25, -0.2) is 0 Å². The number of para-hydroxylation sites is 2. The summed E-state index contributed by atoms with van der Waals surface area (Å²) in [5.74, 6) is 0.553. The van der Waals surface area contributed by atoms with E-state index in [0.29, 0.717) is 12.5 Å². The van der Waals surface area contributed by atoms with Crippen LogP contribution in [-0.2, 0) is 4.79 Å². The molecule has 0 saturated heterocycles. The molecular formula is C15H24ClN3O. The molecule has 1 heterocycles. The third-order valence-electron chi connectivity index (χ3n) is 3.67. The van der Waals surface area contributed by atoms with Gasteiger partial charge in [-0.3, -0.25) is 4.79 Å². The number of benzene rings is 1. The summed E-state index contributed by atoms with van der Waals surface area (Å²) in [6.07, 6.45) is 0. The third kappa shape index (κ3) is 4.04. The normalized spacial score (nSPS) is 14.9. The van der Waals surface area contributed by atoms with Gasteiger partial charge < -0.3 is 15.5 Å². The van der Waals surface area contributed by atoms with Crippen LogP contribution < -0.4 is 15.5 Å². The highest BCUT2D eigenvalue weighted by Gasteiger charge is 2.19. The summed E-state index contributed by atoms with van der Waals surface area (Å²) >= 11 is 0. The molecule has 1 aromatic rings. The van der Waals surface area contributed by atoms with Gasteiger partial charge in [-0.1, -0.05) is 26.0 Å². The molecule has 0 aliphatic carbocycles. The lowest BCUT2D eigenvalue weighted by Crippen LogP contribution is -2.45. The molecule has 1 atom stereocenters. The second-order valence-electron chi connectivity index (χ2n) is 5.47. The minimum Gasteiger partial charge on any atom is -0.382 e. The maximum absolute atomic E-state index is 12.1. The molecule has 2 N–H and O–H groups in total. The van der Waals surface area contributed by atoms with Crippen molar-refractivity contribution >= 4 is 29.7 Å². The number of hydrogen-bond donors (Lipinski definition) is 2. The van der Waals surface area contributed by atoms with Crippen molar-refractivity contribution in [3.05, 3.63) is 24.3 Å². The van der Waals surface area contributed by atoms with Gasteiger partial charge in [-0.15, -0.1) is 12.4 Å². The van der Waals surface area contributed by atoms with E-state index in [-0.39, 0.29) is 24.4 Å². The Morgan fingerprint density at radius 3 is 2.75 bits per heavy atom. The SMILES string of the molecule is CC(C)C(C)NC(=O)CN1CCNc2ccccc21.Cl. The lowest BCUT2D eigenvalue weighted by Gasteiger charge is -2.32. The molecule has 20 heavy (non-hydrogen) atoms. The van der Waals surface area contributed by atoms with Crippen molar-refractivity contribution in [1.82, 2.24) is 5.32 Å². The van der Waals surface area contributed by atoms with Gasteiger partial charge in [-0.2, -0.15) is 0 Å². The van der Waals surface area contributed by atoms with Gasteiger partial charge in [0.15, 0.2) is 0 Å². The van der Waals surface area contributed by atoms with Crippen LogP contribution in [0.5, 0.6) is 0 Å². The molecule has 0 radical (unpaired) electrons. The zero-order valence-electron chi connectivity index (χ0n) is 12.3. The van der Waals surface area contributed by atoms with E-state index in [1.165, 1.54) is 0 Å². The molecule has 0 aromatic heterocycles. The van der Waals surface area contributed by atoms with E-state index in [2.05, 4.69) is 41.5 Å². The summed E-state index contributed by atoms with van der Waals surface area (Å²) in [5, 5.41) is 6.41. The van der Waals surface area contributed by atoms with Crippen LogP contribution in [0, 0.1) is 5.92 Å². The summed E-state index contributed by atoms with van der Waals surface area (Å²) in [4.78, 5) is 14.2. The van der Waals surface area contributed by atoms with Crippen LogP contribution in [0.3, 0.4) is 0 Å². The average molecular weight is 298 g/mol. The molecular weight excluding hydrogens is 274 g/mol. The van der Waals surface area contributed by atoms with Crippen molar-refractivity contribution in [3.8, 4) is 0 Å². The van der Waals surface area contributed by atoms with Gasteiger partial charge in [-0.05, 0) is 25.0 Å². The molecule has 0 fully saturated rings. The Morgan fingerprint density at radius 1 is 1.35 bits per heavy atom. The van der Waals surface area contributed by atoms with Crippen LogP contribution in [0.15, 0.2) is 24.3 Å². The molecule has 0 saturated carbocycles. The average Bonchev–Trinajstić information content (AvgIpc) is 2.39. The monoisotopic (exact) mass is 297 g/mol. The molecule has 2 rings (SSSR count). The molecule has 1 aliphatic heterocycles. The number of hydrogen-bond acceptors (Lipinski definition) is 3. The van der Waals surface area contributed by atoms with Crippen LogP contribution >= 0.6 is 12.4 Å². The number of anilines is 2. The van der Waals surface area contributed by atoms with Gasteiger partial charge in [0.1, 0.15) is 0 Å². The number of halogens is 1. The summed E-state index contributed by atoms with van der Waals surface area (Å²) < 4.78 is 0. The number of carbonyl (C=O) groups is 1. The van der Waals surface area contributed by atoms with Crippen molar-refractivity contribution < 1.29 is 4.79 Å². The van der Waals surface area contributed by atoms with Gasteiger partial charge in [0.25, 0.3) is 0 Å². The van der Waals surface area contributed by atoms with Crippen molar-refractivity contribution in [2.75, 3.05) is 29.9 Å². The molecule has 4 nitrogen and oxygen atoms in total. The summed E-state index contributed by atoms with van der Waals surface area (Å²) in [7, 11) is 0. The molecule has 0 spiro atoms. The Balaban J connectivity index is 0.00000200. The van der Waals surface area contributed by atoms with Crippen LogP contribution in [-0.4, -0.2) is 31.6 Å². The predicted molar refractivity (Wildman–Crippen MR) is 86.8 cm³/mol. The predicted octanol–water partition coefficient (Wildman–Crippen LogP) is 2.50. The smallest absolute Gasteiger partial charge is 0.239 e. The van der Waals surface area contributed by atoms with Crippen LogP contribution in [0.1, 0.15) is 20.8 Å². The van der Waals surface area contributed by atoms with Crippen LogP contribution in [0.25, 0.3) is 0 Å². The summed E-state index contributed by atoms with van der Waals surface area (Å²) in [6.45, 7) is 8.45. The standard InChI is InChI=1S/C15H23N3O.ClH/c1-11(2)12(3)17-15(19)10-18-9-8-16-13-6-4-5-7-14(13)18;/h4-7,11-12,16H,8-10H2,1-3H3,(H,17,19);1H. The van der Waals surface area contributed by atoms with E-state index in [4.69, 9.17) is 0 Å². The lowest BCUT2D eigenvalue weighted by atomic mass is 10.1. The van der Waals surface area contributed by atoms with Crippen LogP contribution in [0.4, 0.5) is 11.4 Å². The first-order chi connectivity index (χ1) is 9.08. The number of rotatable bonds is 4. The topological polar surface area (TPSA) is 44.4 Å². The Labute approximate surface area is 127 Å². The quantitative estimate of drug-likeness (QED) is 0.897. The van der Waals surface area contributed by atoms with Gasteiger partial charge >= 0.3 is 0 Å². The van der Waals surface area contributed by atoms with Crippen molar-refractivity contribution in [2.45, 2.75) is 26.8 Å². The minimum absolute atomic E-state index is 0. The highest BCUT2D eigenvalue weighted by Crippen LogP contribution is 2.27. The molecule has 1 amide bonds. The van der Waals surface area contributed by atoms with E-state index >= 15 is 0 Å². The Morgan fingerprint density at radius 2 is 2.05 bits per heavy atom. The molecule has 112 valence electrons. The molecule has 5 heteroatoms. The molecule has 1 aliphatic rings. The van der Waals surface area contributed by atoms with E-state index < -0.39 is 0 Å². The first kappa shape index (κ1) is 16.6. The second-order valence-corrected chi connectivity index (χ2v) is 5.47. The Hall–Kier alpha value is -1.42. The van der Waals surface area contributed by atoms with E-state index in [0.717, 1.165) is 24.5 Å². The number of carbonyl (C=O) groups excluding carboxylic acids is 1. The number of nitrogens with zero attached hydrogens (tertiary/aromatic N) is 1. The zero-order chi connectivity index (χ0) is 13.8. The fourth-order valence-corrected chi connectivity index (χ4v) is 2.15. The van der Waals surface area contributed by atoms with Crippen molar-refractivity contribution in [3.63, 3.8) is 0 Å². The van der Waals surface area contributed by atoms with Crippen molar-refractivity contribution in [1.29, 1.82) is 0 Å². The summed E-state index contributed by atoms with van der Waals surface area (Å²) in [5.41, 5.74) is 2.22. The van der Waals surface area contributed by atoms with Gasteiger partial charge in [0, 0.05) is 19.1 Å². The minimum atomic E-state index is 0. The third-order valence-corrected chi connectivity index (χ3v) is 3.67. The van der Waals surface area contributed by atoms with Gasteiger partial charge in [0.2, 0.25) is 5.91 Å². The second kappa shape index (κ2) is 7.39. The molecule has 1 unspecified atom stereocenters. The largest absolute Gasteiger partial charge is 0.382 e. The fraction of sp³-hybridized carbons (Fsp3) is 0.533. The van der Waals surface area contributed by atoms with E-state index in [9.17, 15) is 4.79 Å². The lowest BCUT2D eigenvalue weighted by molar-refractivity contribution is -0.120. The Bertz CT molecular complexity index is 450. The van der Waals surface area contributed by atoms with Gasteiger partial charge in [0.05, 0.1) is 17.9 Å². The zero-order valence-corrected chi connectivity index (χ0v) is 13.2. The van der Waals surface area contributed by atoms with Crippen LogP contribution in [0.2, 0.25) is 0 Å². The molecule has 0 bridgehead atoms.